The Morgan fingerprint density at radius 2 is 1.89 bits per heavy atom. The van der Waals surface area contributed by atoms with E-state index in [1.54, 1.807) is 0 Å². The van der Waals surface area contributed by atoms with Gasteiger partial charge in [0.05, 0.1) is 0 Å². The second-order valence-electron chi connectivity index (χ2n) is 6.40. The zero-order valence-corrected chi connectivity index (χ0v) is 13.1. The highest BCUT2D eigenvalue weighted by Crippen LogP contribution is 2.05. The number of nitrogens with zero attached hydrogens (tertiary/aromatic N) is 2. The van der Waals surface area contributed by atoms with E-state index in [9.17, 15) is 0 Å². The van der Waals surface area contributed by atoms with Crippen LogP contribution in [0.1, 0.15) is 39.7 Å². The van der Waals surface area contributed by atoms with Gasteiger partial charge < -0.3 is 10.2 Å². The van der Waals surface area contributed by atoms with Gasteiger partial charge in [0.15, 0.2) is 0 Å². The first kappa shape index (κ1) is 16.1. The molecule has 0 radical (unpaired) electrons. The molecule has 0 amide bonds. The quantitative estimate of drug-likeness (QED) is 0.820. The lowest BCUT2D eigenvalue weighted by atomic mass is 10.1. The molecule has 1 heterocycles. The summed E-state index contributed by atoms with van der Waals surface area (Å²) in [4.78, 5) is 6.48. The van der Waals surface area contributed by atoms with E-state index in [0.717, 1.165) is 19.5 Å². The Bertz CT molecular complexity index is 343. The third-order valence-electron chi connectivity index (χ3n) is 3.47. The topological polar surface area (TPSA) is 28.2 Å². The summed E-state index contributed by atoms with van der Waals surface area (Å²) in [5.74, 6) is 0. The molecule has 1 atom stereocenters. The summed E-state index contributed by atoms with van der Waals surface area (Å²) >= 11 is 0. The molecule has 108 valence electrons. The van der Waals surface area contributed by atoms with E-state index < -0.39 is 0 Å². The zero-order valence-electron chi connectivity index (χ0n) is 13.1. The van der Waals surface area contributed by atoms with Crippen molar-refractivity contribution in [2.24, 2.45) is 0 Å². The van der Waals surface area contributed by atoms with Crippen molar-refractivity contribution in [1.82, 2.24) is 15.2 Å². The summed E-state index contributed by atoms with van der Waals surface area (Å²) in [5, 5.41) is 3.55. The highest BCUT2D eigenvalue weighted by molar-refractivity contribution is 5.09. The maximum absolute atomic E-state index is 4.05. The van der Waals surface area contributed by atoms with Crippen LogP contribution in [0.25, 0.3) is 0 Å². The standard InChI is InChI=1S/C16H29N3/c1-14(6-12-18-16(2,3)4)19(5)13-9-15-7-10-17-11-8-15/h7-8,10-11,14,18H,6,9,12-13H2,1-5H3. The van der Waals surface area contributed by atoms with E-state index in [2.05, 4.69) is 62.1 Å². The molecule has 0 aromatic carbocycles. The Morgan fingerprint density at radius 3 is 2.47 bits per heavy atom. The van der Waals surface area contributed by atoms with Crippen LogP contribution in [-0.4, -0.2) is 41.6 Å². The lowest BCUT2D eigenvalue weighted by Crippen LogP contribution is -2.40. The van der Waals surface area contributed by atoms with Crippen LogP contribution in [0.2, 0.25) is 0 Å². The molecule has 3 nitrogen and oxygen atoms in total. The largest absolute Gasteiger partial charge is 0.312 e. The van der Waals surface area contributed by atoms with Crippen molar-refractivity contribution in [3.05, 3.63) is 30.1 Å². The lowest BCUT2D eigenvalue weighted by Gasteiger charge is -2.27. The fourth-order valence-corrected chi connectivity index (χ4v) is 1.95. The van der Waals surface area contributed by atoms with Gasteiger partial charge in [0.1, 0.15) is 0 Å². The Kier molecular flexibility index (Phi) is 6.46. The maximum Gasteiger partial charge on any atom is 0.0270 e. The van der Waals surface area contributed by atoms with Gasteiger partial charge in [0.2, 0.25) is 0 Å². The molecule has 0 aliphatic heterocycles. The zero-order chi connectivity index (χ0) is 14.3. The van der Waals surface area contributed by atoms with Gasteiger partial charge >= 0.3 is 0 Å². The fourth-order valence-electron chi connectivity index (χ4n) is 1.95. The molecule has 0 saturated carbocycles. The fraction of sp³-hybridized carbons (Fsp3) is 0.688. The average molecular weight is 263 g/mol. The molecule has 0 aliphatic carbocycles. The average Bonchev–Trinajstić information content (AvgIpc) is 2.35. The predicted octanol–water partition coefficient (Wildman–Crippen LogP) is 2.72. The molecule has 1 unspecified atom stereocenters. The smallest absolute Gasteiger partial charge is 0.0270 e. The van der Waals surface area contributed by atoms with Crippen LogP contribution in [0.15, 0.2) is 24.5 Å². The van der Waals surface area contributed by atoms with Crippen molar-refractivity contribution in [1.29, 1.82) is 0 Å². The molecule has 1 aromatic rings. The third kappa shape index (κ3) is 7.28. The van der Waals surface area contributed by atoms with Gasteiger partial charge in [-0.05, 0) is 71.8 Å². The molecule has 19 heavy (non-hydrogen) atoms. The van der Waals surface area contributed by atoms with Crippen molar-refractivity contribution >= 4 is 0 Å². The minimum Gasteiger partial charge on any atom is -0.312 e. The van der Waals surface area contributed by atoms with Gasteiger partial charge in [-0.1, -0.05) is 0 Å². The Morgan fingerprint density at radius 1 is 1.26 bits per heavy atom. The second kappa shape index (κ2) is 7.61. The molecule has 0 aliphatic rings. The molecule has 1 rings (SSSR count). The lowest BCUT2D eigenvalue weighted by molar-refractivity contribution is 0.241. The van der Waals surface area contributed by atoms with Crippen molar-refractivity contribution in [3.8, 4) is 0 Å². The monoisotopic (exact) mass is 263 g/mol. The highest BCUT2D eigenvalue weighted by Gasteiger charge is 2.12. The second-order valence-corrected chi connectivity index (χ2v) is 6.40. The van der Waals surface area contributed by atoms with E-state index >= 15 is 0 Å². The number of rotatable bonds is 7. The van der Waals surface area contributed by atoms with Gasteiger partial charge in [0, 0.05) is 30.5 Å². The van der Waals surface area contributed by atoms with Gasteiger partial charge in [0.25, 0.3) is 0 Å². The van der Waals surface area contributed by atoms with Gasteiger partial charge in [-0.2, -0.15) is 0 Å². The first-order valence-electron chi connectivity index (χ1n) is 7.22. The summed E-state index contributed by atoms with van der Waals surface area (Å²) < 4.78 is 0. The molecule has 1 N–H and O–H groups in total. The Balaban J connectivity index is 2.23. The molecule has 0 spiro atoms. The third-order valence-corrected chi connectivity index (χ3v) is 3.47. The van der Waals surface area contributed by atoms with Crippen LogP contribution in [0, 0.1) is 0 Å². The molecular formula is C16H29N3. The van der Waals surface area contributed by atoms with Crippen molar-refractivity contribution in [3.63, 3.8) is 0 Å². The number of hydrogen-bond donors (Lipinski definition) is 1. The van der Waals surface area contributed by atoms with E-state index in [4.69, 9.17) is 0 Å². The van der Waals surface area contributed by atoms with E-state index in [1.165, 1.54) is 12.0 Å². The number of aromatic nitrogens is 1. The Hall–Kier alpha value is -0.930. The summed E-state index contributed by atoms with van der Waals surface area (Å²) in [6.45, 7) is 11.1. The Labute approximate surface area is 118 Å². The molecule has 0 bridgehead atoms. The number of likely N-dealkylation sites (N-methyl/N-ethyl adjacent to an activating group) is 1. The van der Waals surface area contributed by atoms with E-state index in [0.29, 0.717) is 6.04 Å². The first-order valence-corrected chi connectivity index (χ1v) is 7.22. The summed E-state index contributed by atoms with van der Waals surface area (Å²) in [7, 11) is 2.21. The number of hydrogen-bond acceptors (Lipinski definition) is 3. The first-order chi connectivity index (χ1) is 8.88. The van der Waals surface area contributed by atoms with Crippen LogP contribution < -0.4 is 5.32 Å². The van der Waals surface area contributed by atoms with Crippen molar-refractivity contribution in [2.75, 3.05) is 20.1 Å². The maximum atomic E-state index is 4.05. The number of pyridine rings is 1. The molecular weight excluding hydrogens is 234 g/mol. The van der Waals surface area contributed by atoms with E-state index in [-0.39, 0.29) is 5.54 Å². The van der Waals surface area contributed by atoms with Crippen LogP contribution >= 0.6 is 0 Å². The minimum absolute atomic E-state index is 0.218. The summed E-state index contributed by atoms with van der Waals surface area (Å²) in [5.41, 5.74) is 1.58. The van der Waals surface area contributed by atoms with Gasteiger partial charge in [-0.3, -0.25) is 4.98 Å². The molecule has 3 heteroatoms. The van der Waals surface area contributed by atoms with Crippen LogP contribution in [0.5, 0.6) is 0 Å². The predicted molar refractivity (Wildman–Crippen MR) is 82.4 cm³/mol. The van der Waals surface area contributed by atoms with Crippen LogP contribution in [0.4, 0.5) is 0 Å². The van der Waals surface area contributed by atoms with E-state index in [1.807, 2.05) is 12.4 Å². The number of nitrogens with one attached hydrogen (secondary N) is 1. The highest BCUT2D eigenvalue weighted by atomic mass is 15.1. The minimum atomic E-state index is 0.218. The molecule has 0 saturated heterocycles. The van der Waals surface area contributed by atoms with Gasteiger partial charge in [-0.25, -0.2) is 0 Å². The molecule has 1 aromatic heterocycles. The normalized spacial score (nSPS) is 13.8. The molecule has 0 fully saturated rings. The van der Waals surface area contributed by atoms with Crippen molar-refractivity contribution < 1.29 is 0 Å². The van der Waals surface area contributed by atoms with Crippen molar-refractivity contribution in [2.45, 2.75) is 52.1 Å². The van der Waals surface area contributed by atoms with Gasteiger partial charge in [-0.15, -0.1) is 0 Å². The summed E-state index contributed by atoms with van der Waals surface area (Å²) in [6.07, 6.45) is 6.01. The summed E-state index contributed by atoms with van der Waals surface area (Å²) in [6, 6.07) is 4.80. The van der Waals surface area contributed by atoms with Crippen LogP contribution in [0.3, 0.4) is 0 Å². The van der Waals surface area contributed by atoms with Crippen LogP contribution in [-0.2, 0) is 6.42 Å². The SMILES string of the molecule is CC(CCNC(C)(C)C)N(C)CCc1ccncc1.